The Labute approximate surface area is 209 Å². The summed E-state index contributed by atoms with van der Waals surface area (Å²) in [5, 5.41) is 27.0. The molecule has 1 unspecified atom stereocenters. The lowest BCUT2D eigenvalue weighted by atomic mass is 9.83. The molecule has 2 heterocycles. The van der Waals surface area contributed by atoms with Gasteiger partial charge in [-0.1, -0.05) is 29.5 Å². The number of hydrogen-bond donors (Lipinski definition) is 2. The van der Waals surface area contributed by atoms with Gasteiger partial charge in [0.05, 0.1) is 44.9 Å². The minimum atomic E-state index is -0.930. The molecule has 1 aliphatic heterocycles. The SMILES string of the molecule is CCOC(=O)CC(c1ccc2c(c1)CN(C(=O)O)CC2)c1ccc2c(nnn2CCOCCO)c1C. The summed E-state index contributed by atoms with van der Waals surface area (Å²) < 4.78 is 12.4. The third kappa shape index (κ3) is 5.50. The number of aryl methyl sites for hydroxylation is 1. The minimum absolute atomic E-state index is 0.0283. The number of hydrogen-bond acceptors (Lipinski definition) is 7. The van der Waals surface area contributed by atoms with Gasteiger partial charge in [0.15, 0.2) is 0 Å². The van der Waals surface area contributed by atoms with Crippen molar-refractivity contribution in [2.45, 2.75) is 45.7 Å². The van der Waals surface area contributed by atoms with E-state index in [4.69, 9.17) is 14.6 Å². The highest BCUT2D eigenvalue weighted by Crippen LogP contribution is 2.35. The number of carboxylic acid groups (broad SMARTS) is 1. The lowest BCUT2D eigenvalue weighted by molar-refractivity contribution is -0.143. The van der Waals surface area contributed by atoms with E-state index in [2.05, 4.69) is 10.3 Å². The van der Waals surface area contributed by atoms with Crippen LogP contribution in [0.25, 0.3) is 11.0 Å². The average molecular weight is 497 g/mol. The Hall–Kier alpha value is -3.50. The van der Waals surface area contributed by atoms with E-state index < -0.39 is 6.09 Å². The van der Waals surface area contributed by atoms with Crippen molar-refractivity contribution in [2.24, 2.45) is 0 Å². The lowest BCUT2D eigenvalue weighted by Gasteiger charge is -2.28. The van der Waals surface area contributed by atoms with Gasteiger partial charge in [-0.2, -0.15) is 0 Å². The molecule has 0 radical (unpaired) electrons. The Balaban J connectivity index is 1.69. The van der Waals surface area contributed by atoms with Crippen LogP contribution in [0, 0.1) is 6.92 Å². The first kappa shape index (κ1) is 25.6. The number of aliphatic hydroxyl groups is 1. The molecule has 10 nitrogen and oxygen atoms in total. The monoisotopic (exact) mass is 496 g/mol. The summed E-state index contributed by atoms with van der Waals surface area (Å²) in [7, 11) is 0. The highest BCUT2D eigenvalue weighted by atomic mass is 16.5. The van der Waals surface area contributed by atoms with Gasteiger partial charge in [0.2, 0.25) is 0 Å². The number of fused-ring (bicyclic) bond motifs is 2. The summed E-state index contributed by atoms with van der Waals surface area (Å²) >= 11 is 0. The first-order chi connectivity index (χ1) is 17.4. The van der Waals surface area contributed by atoms with Gasteiger partial charge in [-0.3, -0.25) is 4.79 Å². The predicted molar refractivity (Wildman–Crippen MR) is 132 cm³/mol. The number of benzene rings is 2. The number of carbonyl (C=O) groups is 2. The highest BCUT2D eigenvalue weighted by Gasteiger charge is 2.26. The van der Waals surface area contributed by atoms with Gasteiger partial charge < -0.3 is 24.6 Å². The van der Waals surface area contributed by atoms with Crippen molar-refractivity contribution in [1.82, 2.24) is 19.9 Å². The van der Waals surface area contributed by atoms with Gasteiger partial charge in [0.25, 0.3) is 0 Å². The molecule has 1 aromatic heterocycles. The van der Waals surface area contributed by atoms with Crippen LogP contribution in [0.3, 0.4) is 0 Å². The Morgan fingerprint density at radius 2 is 2.00 bits per heavy atom. The van der Waals surface area contributed by atoms with Gasteiger partial charge >= 0.3 is 12.1 Å². The topological polar surface area (TPSA) is 127 Å². The van der Waals surface area contributed by atoms with Crippen molar-refractivity contribution >= 4 is 23.1 Å². The predicted octanol–water partition coefficient (Wildman–Crippen LogP) is 2.87. The van der Waals surface area contributed by atoms with E-state index in [1.54, 1.807) is 11.6 Å². The smallest absolute Gasteiger partial charge is 0.407 e. The van der Waals surface area contributed by atoms with Crippen LogP contribution in [-0.2, 0) is 33.8 Å². The molecule has 10 heteroatoms. The fraction of sp³-hybridized carbons (Fsp3) is 0.462. The molecule has 0 bridgehead atoms. The van der Waals surface area contributed by atoms with Crippen LogP contribution in [0.1, 0.15) is 47.1 Å². The fourth-order valence-electron chi connectivity index (χ4n) is 4.79. The number of amides is 1. The average Bonchev–Trinajstić information content (AvgIpc) is 3.29. The first-order valence-corrected chi connectivity index (χ1v) is 12.2. The van der Waals surface area contributed by atoms with Crippen LogP contribution in [0.4, 0.5) is 4.79 Å². The third-order valence-electron chi connectivity index (χ3n) is 6.63. The zero-order valence-electron chi connectivity index (χ0n) is 20.6. The van der Waals surface area contributed by atoms with Crippen LogP contribution in [0.5, 0.6) is 0 Å². The van der Waals surface area contributed by atoms with Crippen molar-refractivity contribution in [3.8, 4) is 0 Å². The maximum Gasteiger partial charge on any atom is 0.407 e. The van der Waals surface area contributed by atoms with Crippen LogP contribution < -0.4 is 0 Å². The summed E-state index contributed by atoms with van der Waals surface area (Å²) in [6, 6.07) is 10.0. The highest BCUT2D eigenvalue weighted by molar-refractivity contribution is 5.80. The number of rotatable bonds is 10. The Morgan fingerprint density at radius 3 is 2.75 bits per heavy atom. The number of aliphatic hydroxyl groups excluding tert-OH is 1. The van der Waals surface area contributed by atoms with E-state index in [1.165, 1.54) is 4.90 Å². The molecule has 0 saturated carbocycles. The van der Waals surface area contributed by atoms with Crippen LogP contribution >= 0.6 is 0 Å². The molecule has 0 aliphatic carbocycles. The molecule has 4 rings (SSSR count). The maximum absolute atomic E-state index is 12.6. The summed E-state index contributed by atoms with van der Waals surface area (Å²) in [5.74, 6) is -0.575. The summed E-state index contributed by atoms with van der Waals surface area (Å²) in [6.45, 7) is 6.03. The van der Waals surface area contributed by atoms with Crippen LogP contribution in [0.15, 0.2) is 30.3 Å². The van der Waals surface area contributed by atoms with Crippen LogP contribution in [0.2, 0.25) is 0 Å². The van der Waals surface area contributed by atoms with Crippen LogP contribution in [-0.4, -0.2) is 75.1 Å². The van der Waals surface area contributed by atoms with Crippen molar-refractivity contribution in [2.75, 3.05) is 33.0 Å². The molecule has 1 amide bonds. The molecule has 0 fully saturated rings. The number of ether oxygens (including phenoxy) is 2. The zero-order valence-corrected chi connectivity index (χ0v) is 20.6. The molecule has 0 spiro atoms. The van der Waals surface area contributed by atoms with Crippen molar-refractivity contribution < 1.29 is 29.3 Å². The normalized spacial score (nSPS) is 14.0. The van der Waals surface area contributed by atoms with Crippen molar-refractivity contribution in [1.29, 1.82) is 0 Å². The Morgan fingerprint density at radius 1 is 1.17 bits per heavy atom. The lowest BCUT2D eigenvalue weighted by Crippen LogP contribution is -2.34. The largest absolute Gasteiger partial charge is 0.466 e. The summed E-state index contributed by atoms with van der Waals surface area (Å²) in [4.78, 5) is 25.5. The second-order valence-electron chi connectivity index (χ2n) is 8.84. The van der Waals surface area contributed by atoms with E-state index in [-0.39, 0.29) is 31.5 Å². The molecule has 192 valence electrons. The maximum atomic E-state index is 12.6. The first-order valence-electron chi connectivity index (χ1n) is 12.2. The number of aromatic nitrogens is 3. The quantitative estimate of drug-likeness (QED) is 0.324. The number of esters is 1. The number of carbonyl (C=O) groups excluding carboxylic acids is 1. The second kappa shape index (κ2) is 11.5. The molecular formula is C26H32N4O6. The fourth-order valence-corrected chi connectivity index (χ4v) is 4.79. The zero-order chi connectivity index (χ0) is 25.7. The van der Waals surface area contributed by atoms with E-state index in [0.717, 1.165) is 38.9 Å². The Kier molecular flexibility index (Phi) is 8.17. The summed E-state index contributed by atoms with van der Waals surface area (Å²) in [5.41, 5.74) is 6.51. The van der Waals surface area contributed by atoms with Crippen molar-refractivity contribution in [3.63, 3.8) is 0 Å². The number of nitrogens with zero attached hydrogens (tertiary/aromatic N) is 4. The van der Waals surface area contributed by atoms with Gasteiger partial charge in [0, 0.05) is 19.0 Å². The minimum Gasteiger partial charge on any atom is -0.466 e. The molecule has 2 N–H and O–H groups in total. The van der Waals surface area contributed by atoms with Gasteiger partial charge in [-0.05, 0) is 54.2 Å². The van der Waals surface area contributed by atoms with E-state index in [9.17, 15) is 14.7 Å². The van der Waals surface area contributed by atoms with E-state index in [1.807, 2.05) is 37.3 Å². The standard InChI is InChI=1S/C26H32N4O6/c1-3-36-24(32)15-22(19-5-4-18-8-9-29(26(33)34)16-20(18)14-19)21-6-7-23-25(17(21)2)27-28-30(23)10-12-35-13-11-31/h4-7,14,22,31H,3,8-13,15-16H2,1-2H3,(H,33,34). The van der Waals surface area contributed by atoms with Gasteiger partial charge in [-0.25, -0.2) is 9.48 Å². The van der Waals surface area contributed by atoms with Gasteiger partial charge in [0.1, 0.15) is 5.52 Å². The molecule has 1 atom stereocenters. The molecule has 1 aliphatic rings. The third-order valence-corrected chi connectivity index (χ3v) is 6.63. The molecule has 0 saturated heterocycles. The van der Waals surface area contributed by atoms with Gasteiger partial charge in [-0.15, -0.1) is 5.10 Å². The second-order valence-corrected chi connectivity index (χ2v) is 8.84. The molecule has 2 aromatic carbocycles. The Bertz CT molecular complexity index is 1240. The van der Waals surface area contributed by atoms with Crippen molar-refractivity contribution in [3.05, 3.63) is 58.1 Å². The van der Waals surface area contributed by atoms with E-state index >= 15 is 0 Å². The molecular weight excluding hydrogens is 464 g/mol. The molecule has 36 heavy (non-hydrogen) atoms. The molecule has 3 aromatic rings. The summed E-state index contributed by atoms with van der Waals surface area (Å²) in [6.07, 6.45) is -0.106. The van der Waals surface area contributed by atoms with E-state index in [0.29, 0.717) is 39.3 Å².